The average Bonchev–Trinajstić information content (AvgIpc) is 3.18. The van der Waals surface area contributed by atoms with Crippen LogP contribution in [0.3, 0.4) is 0 Å². The molecule has 8 nitrogen and oxygen atoms in total. The number of benzene rings is 2. The molecule has 2 aromatic heterocycles. The summed E-state index contributed by atoms with van der Waals surface area (Å²) >= 11 is 0. The summed E-state index contributed by atoms with van der Waals surface area (Å²) in [6.45, 7) is 5.78. The highest BCUT2D eigenvalue weighted by atomic mass is 16.5. The van der Waals surface area contributed by atoms with Gasteiger partial charge in [-0.3, -0.25) is 14.2 Å². The molecular weight excluding hydrogens is 432 g/mol. The molecule has 0 aliphatic carbocycles. The topological polar surface area (TPSA) is 87.4 Å². The Hall–Kier alpha value is -4.07. The number of fused-ring (bicyclic) bond motifs is 1. The van der Waals surface area contributed by atoms with E-state index < -0.39 is 0 Å². The molecule has 0 spiro atoms. The Morgan fingerprint density at radius 2 is 1.71 bits per heavy atom. The Morgan fingerprint density at radius 3 is 2.35 bits per heavy atom. The van der Waals surface area contributed by atoms with Gasteiger partial charge < -0.3 is 14.8 Å². The summed E-state index contributed by atoms with van der Waals surface area (Å²) < 4.78 is 13.8. The minimum absolute atomic E-state index is 0.162. The number of nitrogens with one attached hydrogen (secondary N) is 1. The molecule has 4 aromatic rings. The molecule has 1 amide bonds. The summed E-state index contributed by atoms with van der Waals surface area (Å²) in [7, 11) is 3.08. The summed E-state index contributed by atoms with van der Waals surface area (Å²) in [5.41, 5.74) is 4.56. The van der Waals surface area contributed by atoms with E-state index in [0.29, 0.717) is 29.3 Å². The number of aromatic nitrogens is 3. The zero-order chi connectivity index (χ0) is 24.4. The summed E-state index contributed by atoms with van der Waals surface area (Å²) in [4.78, 5) is 26.2. The highest BCUT2D eigenvalue weighted by Gasteiger charge is 2.20. The van der Waals surface area contributed by atoms with Gasteiger partial charge in [0.15, 0.2) is 11.5 Å². The largest absolute Gasteiger partial charge is 0.493 e. The number of rotatable bonds is 7. The van der Waals surface area contributed by atoms with Gasteiger partial charge in [0.2, 0.25) is 5.91 Å². The first-order chi connectivity index (χ1) is 16.4. The number of pyridine rings is 1. The van der Waals surface area contributed by atoms with Crippen LogP contribution in [-0.2, 0) is 17.8 Å². The van der Waals surface area contributed by atoms with Crippen molar-refractivity contribution in [1.82, 2.24) is 14.3 Å². The third-order valence-electron chi connectivity index (χ3n) is 5.81. The maximum Gasteiger partial charge on any atom is 0.252 e. The molecule has 4 rings (SSSR count). The second-order valence-corrected chi connectivity index (χ2v) is 8.10. The maximum atomic E-state index is 13.1. The highest BCUT2D eigenvalue weighted by Crippen LogP contribution is 2.30. The molecule has 0 saturated carbocycles. The van der Waals surface area contributed by atoms with Crippen molar-refractivity contribution in [3.05, 3.63) is 75.7 Å². The lowest BCUT2D eigenvalue weighted by Gasteiger charge is -2.14. The predicted octanol–water partition coefficient (Wildman–Crippen LogP) is 4.02. The van der Waals surface area contributed by atoms with Gasteiger partial charge in [-0.15, -0.1) is 0 Å². The highest BCUT2D eigenvalue weighted by molar-refractivity contribution is 5.92. The van der Waals surface area contributed by atoms with E-state index >= 15 is 0 Å². The minimum atomic E-state index is -0.339. The third kappa shape index (κ3) is 4.26. The first kappa shape index (κ1) is 23.1. The number of methoxy groups -OCH3 is 2. The van der Waals surface area contributed by atoms with E-state index in [1.165, 1.54) is 11.7 Å². The summed E-state index contributed by atoms with van der Waals surface area (Å²) in [5, 5.41) is 8.46. The van der Waals surface area contributed by atoms with Crippen LogP contribution in [0, 0.1) is 13.8 Å². The number of carbonyl (C=O) groups is 1. The molecule has 176 valence electrons. The lowest BCUT2D eigenvalue weighted by atomic mass is 10.1. The van der Waals surface area contributed by atoms with Crippen LogP contribution in [0.25, 0.3) is 16.7 Å². The number of hydrogen-bond donors (Lipinski definition) is 1. The van der Waals surface area contributed by atoms with Crippen LogP contribution in [0.5, 0.6) is 11.5 Å². The maximum absolute atomic E-state index is 13.1. The second kappa shape index (κ2) is 9.43. The molecule has 2 aromatic carbocycles. The fourth-order valence-corrected chi connectivity index (χ4v) is 4.10. The zero-order valence-electron chi connectivity index (χ0n) is 20.0. The summed E-state index contributed by atoms with van der Waals surface area (Å²) in [5.74, 6) is 0.723. The Bertz CT molecular complexity index is 1420. The van der Waals surface area contributed by atoms with Gasteiger partial charge in [-0.2, -0.15) is 5.10 Å². The van der Waals surface area contributed by atoms with Gasteiger partial charge in [-0.1, -0.05) is 24.6 Å². The van der Waals surface area contributed by atoms with Gasteiger partial charge in [-0.25, -0.2) is 4.68 Å². The SMILES string of the molecule is CCc1cc(=O)n(CC(=O)Nc2ccc(OC)c(OC)c2)c2c1c(C)nn2-c1ccc(C)cc1. The van der Waals surface area contributed by atoms with E-state index in [1.807, 2.05) is 45.0 Å². The fourth-order valence-electron chi connectivity index (χ4n) is 4.10. The number of aryl methyl sites for hydroxylation is 3. The summed E-state index contributed by atoms with van der Waals surface area (Å²) in [6, 6.07) is 14.6. The molecule has 0 bridgehead atoms. The van der Waals surface area contributed by atoms with Crippen LogP contribution < -0.4 is 20.3 Å². The van der Waals surface area contributed by atoms with Crippen molar-refractivity contribution >= 4 is 22.6 Å². The van der Waals surface area contributed by atoms with Gasteiger partial charge >= 0.3 is 0 Å². The van der Waals surface area contributed by atoms with E-state index in [2.05, 4.69) is 5.32 Å². The van der Waals surface area contributed by atoms with Crippen molar-refractivity contribution in [2.24, 2.45) is 0 Å². The molecule has 0 aliphatic rings. The smallest absolute Gasteiger partial charge is 0.252 e. The molecule has 8 heteroatoms. The molecule has 0 atom stereocenters. The van der Waals surface area contributed by atoms with Gasteiger partial charge in [0.25, 0.3) is 5.56 Å². The van der Waals surface area contributed by atoms with Crippen LogP contribution >= 0.6 is 0 Å². The molecule has 1 N–H and O–H groups in total. The van der Waals surface area contributed by atoms with Crippen molar-refractivity contribution in [2.45, 2.75) is 33.7 Å². The van der Waals surface area contributed by atoms with E-state index in [9.17, 15) is 9.59 Å². The van der Waals surface area contributed by atoms with Crippen LogP contribution in [0.4, 0.5) is 5.69 Å². The first-order valence-electron chi connectivity index (χ1n) is 11.1. The van der Waals surface area contributed by atoms with E-state index in [1.54, 1.807) is 36.1 Å². The minimum Gasteiger partial charge on any atom is -0.493 e. The van der Waals surface area contributed by atoms with Crippen molar-refractivity contribution in [2.75, 3.05) is 19.5 Å². The van der Waals surface area contributed by atoms with Gasteiger partial charge in [0.05, 0.1) is 25.6 Å². The molecule has 0 aliphatic heterocycles. The Labute approximate surface area is 197 Å². The number of anilines is 1. The van der Waals surface area contributed by atoms with Crippen LogP contribution in [-0.4, -0.2) is 34.5 Å². The van der Waals surface area contributed by atoms with Crippen molar-refractivity contribution in [3.8, 4) is 17.2 Å². The molecule has 0 radical (unpaired) electrons. The Balaban J connectivity index is 1.78. The predicted molar refractivity (Wildman–Crippen MR) is 132 cm³/mol. The van der Waals surface area contributed by atoms with Crippen molar-refractivity contribution in [1.29, 1.82) is 0 Å². The van der Waals surface area contributed by atoms with Crippen molar-refractivity contribution in [3.63, 3.8) is 0 Å². The van der Waals surface area contributed by atoms with E-state index in [0.717, 1.165) is 27.9 Å². The lowest BCUT2D eigenvalue weighted by Crippen LogP contribution is -2.29. The van der Waals surface area contributed by atoms with Crippen molar-refractivity contribution < 1.29 is 14.3 Å². The van der Waals surface area contributed by atoms with Gasteiger partial charge in [0, 0.05) is 23.2 Å². The summed E-state index contributed by atoms with van der Waals surface area (Å²) in [6.07, 6.45) is 0.685. The van der Waals surface area contributed by atoms with E-state index in [-0.39, 0.29) is 18.0 Å². The number of carbonyl (C=O) groups excluding carboxylic acids is 1. The molecule has 34 heavy (non-hydrogen) atoms. The zero-order valence-corrected chi connectivity index (χ0v) is 20.0. The second-order valence-electron chi connectivity index (χ2n) is 8.10. The standard InChI is InChI=1S/C26H28N4O4/c1-6-18-13-24(32)29(15-23(31)27-19-9-12-21(33-4)22(14-19)34-5)26-25(18)17(3)28-30(26)20-10-7-16(2)8-11-20/h7-14H,6,15H2,1-5H3,(H,27,31). The third-order valence-corrected chi connectivity index (χ3v) is 5.81. The number of nitrogens with zero attached hydrogens (tertiary/aromatic N) is 3. The molecule has 0 unspecified atom stereocenters. The monoisotopic (exact) mass is 460 g/mol. The average molecular weight is 461 g/mol. The molecule has 0 fully saturated rings. The normalized spacial score (nSPS) is 11.0. The molecular formula is C26H28N4O4. The van der Waals surface area contributed by atoms with Crippen LogP contribution in [0.15, 0.2) is 53.3 Å². The number of hydrogen-bond acceptors (Lipinski definition) is 5. The quantitative estimate of drug-likeness (QED) is 0.450. The van der Waals surface area contributed by atoms with Crippen LogP contribution in [0.1, 0.15) is 23.7 Å². The Kier molecular flexibility index (Phi) is 6.40. The molecule has 2 heterocycles. The van der Waals surface area contributed by atoms with Gasteiger partial charge in [-0.05, 0) is 50.1 Å². The van der Waals surface area contributed by atoms with Crippen LogP contribution in [0.2, 0.25) is 0 Å². The van der Waals surface area contributed by atoms with E-state index in [4.69, 9.17) is 14.6 Å². The fraction of sp³-hybridized carbons (Fsp3) is 0.269. The number of amides is 1. The lowest BCUT2D eigenvalue weighted by molar-refractivity contribution is -0.116. The molecule has 0 saturated heterocycles. The first-order valence-corrected chi connectivity index (χ1v) is 11.1. The number of ether oxygens (including phenoxy) is 2. The van der Waals surface area contributed by atoms with Gasteiger partial charge in [0.1, 0.15) is 12.2 Å². The Morgan fingerprint density at radius 1 is 1.00 bits per heavy atom.